The minimum Gasteiger partial charge on any atom is -0.468 e. The monoisotopic (exact) mass is 506 g/mol. The Morgan fingerprint density at radius 3 is 2.35 bits per heavy atom. The zero-order chi connectivity index (χ0) is 26.8. The number of hydrogen-bond acceptors (Lipinski definition) is 7. The van der Waals surface area contributed by atoms with E-state index in [1.54, 1.807) is 4.90 Å². The largest absolute Gasteiger partial charge is 0.468 e. The average molecular weight is 507 g/mol. The minimum absolute atomic E-state index is 0.0969. The van der Waals surface area contributed by atoms with Gasteiger partial charge in [-0.2, -0.15) is 5.21 Å². The van der Waals surface area contributed by atoms with E-state index in [2.05, 4.69) is 30.7 Å². The van der Waals surface area contributed by atoms with Gasteiger partial charge in [-0.05, 0) is 34.2 Å². The number of benzene rings is 2. The van der Waals surface area contributed by atoms with Gasteiger partial charge in [0, 0.05) is 18.5 Å². The molecule has 0 aliphatic rings. The molecule has 0 fully saturated rings. The van der Waals surface area contributed by atoms with Crippen LogP contribution in [-0.4, -0.2) is 63.0 Å². The number of unbranched alkanes of at least 4 members (excludes halogenated alkanes) is 1. The van der Waals surface area contributed by atoms with E-state index >= 15 is 0 Å². The number of rotatable bonds is 12. The van der Waals surface area contributed by atoms with E-state index < -0.39 is 12.0 Å². The molecule has 0 unspecified atom stereocenters. The quantitative estimate of drug-likeness (QED) is 0.360. The normalized spacial score (nSPS) is 11.7. The molecule has 0 saturated heterocycles. The summed E-state index contributed by atoms with van der Waals surface area (Å²) in [7, 11) is 1.26. The molecule has 3 aromatic rings. The van der Waals surface area contributed by atoms with Crippen molar-refractivity contribution in [3.63, 3.8) is 0 Å². The highest BCUT2D eigenvalue weighted by molar-refractivity contribution is 5.90. The van der Waals surface area contributed by atoms with Crippen LogP contribution in [0.25, 0.3) is 22.5 Å². The molecule has 196 valence electrons. The molecule has 37 heavy (non-hydrogen) atoms. The summed E-state index contributed by atoms with van der Waals surface area (Å²) >= 11 is 0. The van der Waals surface area contributed by atoms with Crippen molar-refractivity contribution in [2.75, 3.05) is 13.7 Å². The first kappa shape index (κ1) is 27.5. The lowest BCUT2D eigenvalue weighted by Crippen LogP contribution is -2.52. The Kier molecular flexibility index (Phi) is 9.88. The van der Waals surface area contributed by atoms with Gasteiger partial charge >= 0.3 is 5.97 Å². The van der Waals surface area contributed by atoms with Gasteiger partial charge < -0.3 is 15.0 Å². The summed E-state index contributed by atoms with van der Waals surface area (Å²) in [6.07, 6.45) is 1.95. The molecule has 0 saturated carbocycles. The summed E-state index contributed by atoms with van der Waals surface area (Å²) in [6, 6.07) is 14.9. The molecular formula is C27H34N6O4. The van der Waals surface area contributed by atoms with Gasteiger partial charge in [-0.3, -0.25) is 14.4 Å². The highest BCUT2D eigenvalue weighted by Gasteiger charge is 2.32. The smallest absolute Gasteiger partial charge is 0.325 e. The van der Waals surface area contributed by atoms with Crippen molar-refractivity contribution in [2.24, 2.45) is 5.92 Å². The third-order valence-electron chi connectivity index (χ3n) is 6.07. The Balaban J connectivity index is 1.86. The number of hydrogen-bond donors (Lipinski definition) is 2. The highest BCUT2D eigenvalue weighted by atomic mass is 16.5. The SMILES string of the molecule is CCCCC(=O)N(Cc1ccc(-c2ccccc2-c2nn[nH]n2)cc1)[C@H](C(=O)NCC(=O)OC)C(C)C. The number of aromatic nitrogens is 4. The third-order valence-corrected chi connectivity index (χ3v) is 6.07. The molecule has 2 amide bonds. The van der Waals surface area contributed by atoms with Crippen molar-refractivity contribution in [3.05, 3.63) is 54.1 Å². The predicted octanol–water partition coefficient (Wildman–Crippen LogP) is 3.37. The van der Waals surface area contributed by atoms with Crippen LogP contribution < -0.4 is 5.32 Å². The van der Waals surface area contributed by atoms with Crippen LogP contribution in [-0.2, 0) is 25.7 Å². The van der Waals surface area contributed by atoms with Gasteiger partial charge in [0.15, 0.2) is 0 Å². The Morgan fingerprint density at radius 1 is 1.05 bits per heavy atom. The highest BCUT2D eigenvalue weighted by Crippen LogP contribution is 2.30. The molecule has 2 N–H and O–H groups in total. The predicted molar refractivity (Wildman–Crippen MR) is 139 cm³/mol. The summed E-state index contributed by atoms with van der Waals surface area (Å²) in [5, 5.41) is 17.0. The number of ether oxygens (including phenoxy) is 1. The molecule has 10 nitrogen and oxygen atoms in total. The van der Waals surface area contributed by atoms with E-state index in [4.69, 9.17) is 0 Å². The summed E-state index contributed by atoms with van der Waals surface area (Å²) < 4.78 is 4.63. The molecule has 1 heterocycles. The molecule has 0 bridgehead atoms. The fourth-order valence-corrected chi connectivity index (χ4v) is 4.15. The molecule has 10 heteroatoms. The van der Waals surface area contributed by atoms with Gasteiger partial charge in [-0.1, -0.05) is 75.7 Å². The average Bonchev–Trinajstić information content (AvgIpc) is 3.45. The second-order valence-electron chi connectivity index (χ2n) is 9.09. The van der Waals surface area contributed by atoms with Crippen molar-refractivity contribution in [1.29, 1.82) is 0 Å². The van der Waals surface area contributed by atoms with Gasteiger partial charge in [0.1, 0.15) is 12.6 Å². The maximum Gasteiger partial charge on any atom is 0.325 e. The zero-order valence-corrected chi connectivity index (χ0v) is 21.7. The van der Waals surface area contributed by atoms with Crippen LogP contribution in [0.4, 0.5) is 0 Å². The summed E-state index contributed by atoms with van der Waals surface area (Å²) in [5.41, 5.74) is 3.65. The number of tetrazole rings is 1. The number of nitrogens with zero attached hydrogens (tertiary/aromatic N) is 4. The van der Waals surface area contributed by atoms with E-state index in [0.29, 0.717) is 12.2 Å². The number of amides is 2. The van der Waals surface area contributed by atoms with Gasteiger partial charge in [-0.15, -0.1) is 10.2 Å². The van der Waals surface area contributed by atoms with E-state index in [-0.39, 0.29) is 30.8 Å². The second-order valence-corrected chi connectivity index (χ2v) is 9.09. The lowest BCUT2D eigenvalue weighted by atomic mass is 9.97. The lowest BCUT2D eigenvalue weighted by molar-refractivity contribution is -0.145. The van der Waals surface area contributed by atoms with Crippen molar-refractivity contribution >= 4 is 17.8 Å². The third kappa shape index (κ3) is 7.22. The summed E-state index contributed by atoms with van der Waals surface area (Å²) in [6.45, 7) is 5.82. The Bertz CT molecular complexity index is 1180. The first-order valence-corrected chi connectivity index (χ1v) is 12.4. The van der Waals surface area contributed by atoms with Gasteiger partial charge in [0.05, 0.1) is 7.11 Å². The maximum absolute atomic E-state index is 13.2. The number of esters is 1. The van der Waals surface area contributed by atoms with Crippen LogP contribution in [0.2, 0.25) is 0 Å². The lowest BCUT2D eigenvalue weighted by Gasteiger charge is -2.33. The van der Waals surface area contributed by atoms with Crippen LogP contribution in [0.5, 0.6) is 0 Å². The van der Waals surface area contributed by atoms with Gasteiger partial charge in [0.2, 0.25) is 17.6 Å². The Labute approximate surface area is 216 Å². The fourth-order valence-electron chi connectivity index (χ4n) is 4.15. The van der Waals surface area contributed by atoms with Gasteiger partial charge in [-0.25, -0.2) is 0 Å². The minimum atomic E-state index is -0.729. The van der Waals surface area contributed by atoms with E-state index in [1.807, 2.05) is 69.3 Å². The first-order chi connectivity index (χ1) is 17.8. The first-order valence-electron chi connectivity index (χ1n) is 12.4. The topological polar surface area (TPSA) is 130 Å². The maximum atomic E-state index is 13.2. The Hall–Kier alpha value is -4.08. The van der Waals surface area contributed by atoms with Crippen LogP contribution in [0.15, 0.2) is 48.5 Å². The molecule has 3 rings (SSSR count). The van der Waals surface area contributed by atoms with Crippen LogP contribution in [0.3, 0.4) is 0 Å². The fraction of sp³-hybridized carbons (Fsp3) is 0.407. The molecule has 0 radical (unpaired) electrons. The number of H-pyrrole nitrogens is 1. The van der Waals surface area contributed by atoms with Crippen molar-refractivity contribution in [3.8, 4) is 22.5 Å². The van der Waals surface area contributed by atoms with Crippen LogP contribution in [0, 0.1) is 5.92 Å². The Morgan fingerprint density at radius 2 is 1.76 bits per heavy atom. The van der Waals surface area contributed by atoms with Crippen molar-refractivity contribution in [1.82, 2.24) is 30.8 Å². The van der Waals surface area contributed by atoms with Crippen LogP contribution >= 0.6 is 0 Å². The molecular weight excluding hydrogens is 472 g/mol. The van der Waals surface area contributed by atoms with Gasteiger partial charge in [0.25, 0.3) is 0 Å². The molecule has 1 atom stereocenters. The van der Waals surface area contributed by atoms with E-state index in [1.165, 1.54) is 7.11 Å². The molecule has 1 aromatic heterocycles. The van der Waals surface area contributed by atoms with E-state index in [9.17, 15) is 14.4 Å². The molecule has 0 aliphatic carbocycles. The second kappa shape index (κ2) is 13.3. The number of nitrogens with one attached hydrogen (secondary N) is 2. The summed E-state index contributed by atoms with van der Waals surface area (Å²) in [4.78, 5) is 39.5. The number of aromatic amines is 1. The number of carbonyl (C=O) groups is 3. The number of methoxy groups -OCH3 is 1. The molecule has 0 spiro atoms. The molecule has 2 aromatic carbocycles. The number of carbonyl (C=O) groups excluding carboxylic acids is 3. The summed E-state index contributed by atoms with van der Waals surface area (Å²) in [5.74, 6) is -0.679. The molecule has 0 aliphatic heterocycles. The van der Waals surface area contributed by atoms with E-state index in [0.717, 1.165) is 35.1 Å². The van der Waals surface area contributed by atoms with Crippen molar-refractivity contribution < 1.29 is 19.1 Å². The van der Waals surface area contributed by atoms with Crippen LogP contribution in [0.1, 0.15) is 45.6 Å². The van der Waals surface area contributed by atoms with Crippen molar-refractivity contribution in [2.45, 2.75) is 52.6 Å². The zero-order valence-electron chi connectivity index (χ0n) is 21.7. The standard InChI is InChI=1S/C27H34N6O4/c1-5-6-11-23(34)33(25(18(2)3)27(36)28-16-24(35)37-4)17-19-12-14-20(15-13-19)21-9-7-8-10-22(21)26-29-31-32-30-26/h7-10,12-15,18,25H,5-6,11,16-17H2,1-4H3,(H,28,36)(H,29,30,31,32)/t25-/m0/s1.